The zero-order valence-electron chi connectivity index (χ0n) is 11.7. The first-order valence-electron chi connectivity index (χ1n) is 6.75. The van der Waals surface area contributed by atoms with Crippen LogP contribution in [0.25, 0.3) is 0 Å². The predicted molar refractivity (Wildman–Crippen MR) is 84.1 cm³/mol. The van der Waals surface area contributed by atoms with Crippen molar-refractivity contribution in [3.05, 3.63) is 28.5 Å². The maximum Gasteiger partial charge on any atom is 0.237 e. The molecule has 116 valence electrons. The van der Waals surface area contributed by atoms with Crippen LogP contribution in [0.4, 0.5) is 10.1 Å². The third-order valence-electron chi connectivity index (χ3n) is 3.20. The van der Waals surface area contributed by atoms with Crippen LogP contribution in [0.1, 0.15) is 25.8 Å². The molecule has 9 heteroatoms. The molecule has 1 saturated carbocycles. The fraction of sp³-hybridized carbons (Fsp3) is 0.385. The average molecular weight is 386 g/mol. The number of benzene rings is 1. The zero-order chi connectivity index (χ0) is 15.7. The van der Waals surface area contributed by atoms with E-state index in [1.54, 1.807) is 17.7 Å². The Kier molecular flexibility index (Phi) is 4.44. The van der Waals surface area contributed by atoms with Crippen LogP contribution in [-0.4, -0.2) is 31.4 Å². The van der Waals surface area contributed by atoms with Gasteiger partial charge in [-0.15, -0.1) is 5.10 Å². The Morgan fingerprint density at radius 3 is 3.00 bits per heavy atom. The van der Waals surface area contributed by atoms with Gasteiger partial charge in [-0.05, 0) is 48.4 Å². The molecule has 3 rings (SSSR count). The first-order valence-corrected chi connectivity index (χ1v) is 8.42. The molecule has 0 unspecified atom stereocenters. The Morgan fingerprint density at radius 1 is 1.55 bits per heavy atom. The monoisotopic (exact) mass is 385 g/mol. The van der Waals surface area contributed by atoms with Crippen molar-refractivity contribution in [2.75, 3.05) is 5.32 Å². The van der Waals surface area contributed by atoms with Crippen molar-refractivity contribution >= 4 is 39.3 Å². The van der Waals surface area contributed by atoms with E-state index in [4.69, 9.17) is 0 Å². The lowest BCUT2D eigenvalue weighted by atomic mass is 10.3. The number of amides is 1. The molecular formula is C13H13BrFN5OS. The van der Waals surface area contributed by atoms with Gasteiger partial charge >= 0.3 is 0 Å². The highest BCUT2D eigenvalue weighted by Crippen LogP contribution is 2.37. The Labute approximate surface area is 139 Å². The van der Waals surface area contributed by atoms with E-state index in [0.717, 1.165) is 12.8 Å². The van der Waals surface area contributed by atoms with Crippen molar-refractivity contribution in [1.29, 1.82) is 0 Å². The molecule has 1 aromatic carbocycles. The van der Waals surface area contributed by atoms with Gasteiger partial charge in [0.15, 0.2) is 0 Å². The predicted octanol–water partition coefficient (Wildman–Crippen LogP) is 3.03. The van der Waals surface area contributed by atoms with Crippen LogP contribution in [0, 0.1) is 5.82 Å². The molecule has 1 N–H and O–H groups in total. The normalized spacial score (nSPS) is 15.6. The maximum atomic E-state index is 13.7. The third kappa shape index (κ3) is 3.46. The smallest absolute Gasteiger partial charge is 0.237 e. The maximum absolute atomic E-state index is 13.7. The number of hydrogen-bond donors (Lipinski definition) is 1. The number of carbonyl (C=O) groups excluding carboxylic acids is 1. The van der Waals surface area contributed by atoms with Crippen LogP contribution in [0.15, 0.2) is 27.8 Å². The number of halogens is 2. The number of anilines is 1. The molecule has 0 spiro atoms. The van der Waals surface area contributed by atoms with Gasteiger partial charge in [-0.2, -0.15) is 0 Å². The summed E-state index contributed by atoms with van der Waals surface area (Å²) in [5.74, 6) is -0.778. The van der Waals surface area contributed by atoms with Gasteiger partial charge in [0.25, 0.3) is 0 Å². The molecule has 1 aliphatic rings. The van der Waals surface area contributed by atoms with Crippen LogP contribution in [0.2, 0.25) is 0 Å². The van der Waals surface area contributed by atoms with E-state index in [1.807, 2.05) is 0 Å². The van der Waals surface area contributed by atoms with Gasteiger partial charge in [0.1, 0.15) is 5.82 Å². The van der Waals surface area contributed by atoms with Crippen molar-refractivity contribution in [3.8, 4) is 0 Å². The van der Waals surface area contributed by atoms with Crippen molar-refractivity contribution in [2.45, 2.75) is 36.2 Å². The van der Waals surface area contributed by atoms with E-state index in [2.05, 4.69) is 36.8 Å². The first kappa shape index (κ1) is 15.4. The van der Waals surface area contributed by atoms with Crippen LogP contribution in [-0.2, 0) is 4.79 Å². The molecule has 22 heavy (non-hydrogen) atoms. The zero-order valence-corrected chi connectivity index (χ0v) is 14.1. The van der Waals surface area contributed by atoms with Crippen LogP contribution >= 0.6 is 27.7 Å². The highest BCUT2D eigenvalue weighted by Gasteiger charge is 2.29. The number of nitrogens with one attached hydrogen (secondary N) is 1. The number of aromatic nitrogens is 4. The summed E-state index contributed by atoms with van der Waals surface area (Å²) >= 11 is 4.44. The number of nitrogens with zero attached hydrogens (tertiary/aromatic N) is 4. The second kappa shape index (κ2) is 6.33. The fourth-order valence-electron chi connectivity index (χ4n) is 1.85. The minimum atomic E-state index is -0.484. The summed E-state index contributed by atoms with van der Waals surface area (Å²) in [6.07, 6.45) is 2.12. The molecule has 1 fully saturated rings. The van der Waals surface area contributed by atoms with E-state index >= 15 is 0 Å². The van der Waals surface area contributed by atoms with Crippen LogP contribution in [0.5, 0.6) is 0 Å². The molecule has 1 amide bonds. The first-order chi connectivity index (χ1) is 10.5. The number of hydrogen-bond acceptors (Lipinski definition) is 5. The van der Waals surface area contributed by atoms with Crippen molar-refractivity contribution < 1.29 is 9.18 Å². The standard InChI is InChI=1S/C13H13BrFN5OS/c1-7(22-13-17-18-19-20(13)9-3-4-9)12(21)16-11-5-2-8(14)6-10(11)15/h2,5-7,9H,3-4H2,1H3,(H,16,21)/t7-/m1/s1. The van der Waals surface area contributed by atoms with Gasteiger partial charge < -0.3 is 5.32 Å². The Balaban J connectivity index is 1.65. The lowest BCUT2D eigenvalue weighted by Crippen LogP contribution is -2.23. The SMILES string of the molecule is C[C@@H](Sc1nnnn1C1CC1)C(=O)Nc1ccc(Br)cc1F. The quantitative estimate of drug-likeness (QED) is 0.800. The van der Waals surface area contributed by atoms with Gasteiger partial charge in [0.2, 0.25) is 11.1 Å². The van der Waals surface area contributed by atoms with E-state index in [1.165, 1.54) is 23.9 Å². The van der Waals surface area contributed by atoms with E-state index in [-0.39, 0.29) is 11.6 Å². The van der Waals surface area contributed by atoms with Gasteiger partial charge in [-0.1, -0.05) is 27.7 Å². The van der Waals surface area contributed by atoms with Crippen molar-refractivity contribution in [1.82, 2.24) is 20.2 Å². The summed E-state index contributed by atoms with van der Waals surface area (Å²) in [6.45, 7) is 1.74. The summed E-state index contributed by atoms with van der Waals surface area (Å²) in [4.78, 5) is 12.2. The fourth-order valence-corrected chi connectivity index (χ4v) is 3.04. The second-order valence-corrected chi connectivity index (χ2v) is 7.23. The molecule has 0 saturated heterocycles. The van der Waals surface area contributed by atoms with Crippen molar-refractivity contribution in [2.24, 2.45) is 0 Å². The molecule has 2 aromatic rings. The molecule has 6 nitrogen and oxygen atoms in total. The van der Waals surface area contributed by atoms with E-state index in [9.17, 15) is 9.18 Å². The van der Waals surface area contributed by atoms with E-state index < -0.39 is 11.1 Å². The number of tetrazole rings is 1. The molecule has 1 atom stereocenters. The molecular weight excluding hydrogens is 373 g/mol. The molecule has 0 radical (unpaired) electrons. The summed E-state index contributed by atoms with van der Waals surface area (Å²) < 4.78 is 16.1. The van der Waals surface area contributed by atoms with Gasteiger partial charge in [0, 0.05) is 4.47 Å². The van der Waals surface area contributed by atoms with E-state index in [0.29, 0.717) is 15.7 Å². The minimum Gasteiger partial charge on any atom is -0.323 e. The molecule has 1 aliphatic carbocycles. The topological polar surface area (TPSA) is 72.7 Å². The highest BCUT2D eigenvalue weighted by atomic mass is 79.9. The van der Waals surface area contributed by atoms with Crippen molar-refractivity contribution in [3.63, 3.8) is 0 Å². The summed E-state index contributed by atoms with van der Waals surface area (Å²) in [7, 11) is 0. The van der Waals surface area contributed by atoms with Crippen LogP contribution < -0.4 is 5.32 Å². The molecule has 1 aromatic heterocycles. The van der Waals surface area contributed by atoms with Crippen LogP contribution in [0.3, 0.4) is 0 Å². The number of rotatable bonds is 5. The summed E-state index contributed by atoms with van der Waals surface area (Å²) in [6, 6.07) is 4.84. The number of thioether (sulfide) groups is 1. The summed E-state index contributed by atoms with van der Waals surface area (Å²) in [5, 5.41) is 14.3. The highest BCUT2D eigenvalue weighted by molar-refractivity contribution is 9.10. The lowest BCUT2D eigenvalue weighted by molar-refractivity contribution is -0.115. The number of carbonyl (C=O) groups is 1. The lowest BCUT2D eigenvalue weighted by Gasteiger charge is -2.12. The molecule has 0 bridgehead atoms. The molecule has 0 aliphatic heterocycles. The Morgan fingerprint density at radius 2 is 2.32 bits per heavy atom. The minimum absolute atomic E-state index is 0.155. The largest absolute Gasteiger partial charge is 0.323 e. The Hall–Kier alpha value is -1.48. The summed E-state index contributed by atoms with van der Waals surface area (Å²) in [5.41, 5.74) is 0.155. The Bertz CT molecular complexity index is 705. The van der Waals surface area contributed by atoms with Gasteiger partial charge in [-0.3, -0.25) is 4.79 Å². The second-order valence-electron chi connectivity index (χ2n) is 5.01. The van der Waals surface area contributed by atoms with Gasteiger partial charge in [-0.25, -0.2) is 9.07 Å². The molecule has 1 heterocycles. The third-order valence-corrected chi connectivity index (χ3v) is 4.74. The van der Waals surface area contributed by atoms with Gasteiger partial charge in [0.05, 0.1) is 17.0 Å². The average Bonchev–Trinajstić information content (AvgIpc) is 3.22.